The normalized spacial score (nSPS) is 14.3. The second kappa shape index (κ2) is 11.6. The van der Waals surface area contributed by atoms with Gasteiger partial charge < -0.3 is 10.6 Å². The number of para-hydroxylation sites is 2. The van der Waals surface area contributed by atoms with Gasteiger partial charge in [-0.15, -0.1) is 11.8 Å². The van der Waals surface area contributed by atoms with Gasteiger partial charge in [0.2, 0.25) is 5.91 Å². The number of thioether (sulfide) groups is 1. The van der Waals surface area contributed by atoms with E-state index >= 15 is 0 Å². The Labute approximate surface area is 183 Å². The van der Waals surface area contributed by atoms with Gasteiger partial charge in [-0.25, -0.2) is 0 Å². The number of carbonyl (C=O) groups is 1. The van der Waals surface area contributed by atoms with Crippen LogP contribution in [-0.2, 0) is 11.3 Å². The minimum atomic E-state index is -0.101. The van der Waals surface area contributed by atoms with E-state index in [4.69, 9.17) is 5.26 Å². The molecule has 2 N–H and O–H groups in total. The maximum atomic E-state index is 12.5. The molecule has 2 aromatic carbocycles. The third kappa shape index (κ3) is 6.51. The smallest absolute Gasteiger partial charge is 0.243 e. The predicted octanol–water partition coefficient (Wildman–Crippen LogP) is 5.12. The molecule has 1 fully saturated rings. The van der Waals surface area contributed by atoms with Crippen molar-refractivity contribution < 1.29 is 4.79 Å². The average Bonchev–Trinajstić information content (AvgIpc) is 2.78. The van der Waals surface area contributed by atoms with Gasteiger partial charge in [0.25, 0.3) is 0 Å². The molecule has 6 heteroatoms. The number of rotatable bonds is 9. The lowest BCUT2D eigenvalue weighted by Gasteiger charge is -2.31. The molecule has 1 saturated carbocycles. The zero-order valence-electron chi connectivity index (χ0n) is 17.6. The number of carbonyl (C=O) groups excluding carboxylic acids is 1. The second-order valence-electron chi connectivity index (χ2n) is 7.71. The molecule has 3 rings (SSSR count). The van der Waals surface area contributed by atoms with Crippen molar-refractivity contribution in [3.63, 3.8) is 0 Å². The fourth-order valence-corrected chi connectivity index (χ4v) is 4.60. The van der Waals surface area contributed by atoms with Crippen LogP contribution in [0.25, 0.3) is 0 Å². The standard InChI is InChI=1S/C24H30N4OS/c1-28(20-10-3-2-4-11-20)18-19-9-5-6-12-21(19)26-17-24(29)27-22-13-7-8-14-23(22)30-16-15-25/h5-9,12-14,20,26H,2-4,10-11,16-18H2,1H3,(H,27,29). The van der Waals surface area contributed by atoms with Crippen molar-refractivity contribution in [3.05, 3.63) is 54.1 Å². The summed E-state index contributed by atoms with van der Waals surface area (Å²) in [5, 5.41) is 15.1. The summed E-state index contributed by atoms with van der Waals surface area (Å²) in [5.74, 6) is 0.253. The molecule has 5 nitrogen and oxygen atoms in total. The Bertz CT molecular complexity index is 874. The molecule has 1 amide bonds. The second-order valence-corrected chi connectivity index (χ2v) is 8.73. The van der Waals surface area contributed by atoms with E-state index in [1.165, 1.54) is 49.4 Å². The van der Waals surface area contributed by atoms with Crippen molar-refractivity contribution in [2.24, 2.45) is 0 Å². The lowest BCUT2D eigenvalue weighted by molar-refractivity contribution is -0.114. The van der Waals surface area contributed by atoms with Gasteiger partial charge in [-0.05, 0) is 43.7 Å². The van der Waals surface area contributed by atoms with Crippen LogP contribution in [0.15, 0.2) is 53.4 Å². The summed E-state index contributed by atoms with van der Waals surface area (Å²) in [6.45, 7) is 1.07. The molecule has 158 valence electrons. The van der Waals surface area contributed by atoms with Crippen molar-refractivity contribution in [1.82, 2.24) is 4.90 Å². The van der Waals surface area contributed by atoms with Gasteiger partial charge in [-0.1, -0.05) is 49.6 Å². The number of hydrogen-bond donors (Lipinski definition) is 2. The van der Waals surface area contributed by atoms with Crippen molar-refractivity contribution in [1.29, 1.82) is 5.26 Å². The predicted molar refractivity (Wildman–Crippen MR) is 125 cm³/mol. The number of amides is 1. The molecule has 1 aliphatic rings. The largest absolute Gasteiger partial charge is 0.376 e. The van der Waals surface area contributed by atoms with E-state index in [-0.39, 0.29) is 12.5 Å². The van der Waals surface area contributed by atoms with Crippen LogP contribution in [0.4, 0.5) is 11.4 Å². The van der Waals surface area contributed by atoms with Crippen molar-refractivity contribution >= 4 is 29.0 Å². The molecule has 2 aromatic rings. The minimum absolute atomic E-state index is 0.101. The van der Waals surface area contributed by atoms with Crippen LogP contribution >= 0.6 is 11.8 Å². The first-order valence-corrected chi connectivity index (χ1v) is 11.6. The van der Waals surface area contributed by atoms with Gasteiger partial charge in [-0.2, -0.15) is 5.26 Å². The van der Waals surface area contributed by atoms with E-state index < -0.39 is 0 Å². The van der Waals surface area contributed by atoms with Crippen molar-refractivity contribution in [3.8, 4) is 6.07 Å². The molecule has 0 atom stereocenters. The minimum Gasteiger partial charge on any atom is -0.376 e. The zero-order chi connectivity index (χ0) is 21.2. The van der Waals surface area contributed by atoms with Gasteiger partial charge in [0.1, 0.15) is 0 Å². The van der Waals surface area contributed by atoms with E-state index in [9.17, 15) is 4.79 Å². The zero-order valence-corrected chi connectivity index (χ0v) is 18.4. The SMILES string of the molecule is CN(Cc1ccccc1NCC(=O)Nc1ccccc1SCC#N)C1CCCCC1. The molecule has 0 heterocycles. The summed E-state index contributed by atoms with van der Waals surface area (Å²) < 4.78 is 0. The highest BCUT2D eigenvalue weighted by Crippen LogP contribution is 2.27. The van der Waals surface area contributed by atoms with Crippen LogP contribution in [0.5, 0.6) is 0 Å². The topological polar surface area (TPSA) is 68.2 Å². The summed E-state index contributed by atoms with van der Waals surface area (Å²) in [6, 6.07) is 18.6. The fraction of sp³-hybridized carbons (Fsp3) is 0.417. The Hall–Kier alpha value is -2.49. The molecular weight excluding hydrogens is 392 g/mol. The van der Waals surface area contributed by atoms with E-state index in [2.05, 4.69) is 40.8 Å². The van der Waals surface area contributed by atoms with Crippen LogP contribution in [0.3, 0.4) is 0 Å². The van der Waals surface area contributed by atoms with E-state index in [1.54, 1.807) is 0 Å². The summed E-state index contributed by atoms with van der Waals surface area (Å²) in [5.41, 5.74) is 2.96. The first-order chi connectivity index (χ1) is 14.7. The fourth-order valence-electron chi connectivity index (χ4n) is 3.93. The van der Waals surface area contributed by atoms with Gasteiger partial charge in [0, 0.05) is 23.2 Å². The molecule has 0 spiro atoms. The molecule has 0 aliphatic heterocycles. The monoisotopic (exact) mass is 422 g/mol. The summed E-state index contributed by atoms with van der Waals surface area (Å²) in [7, 11) is 2.20. The van der Waals surface area contributed by atoms with Gasteiger partial charge in [0.05, 0.1) is 24.1 Å². The van der Waals surface area contributed by atoms with Crippen LogP contribution in [0.2, 0.25) is 0 Å². The summed E-state index contributed by atoms with van der Waals surface area (Å²) in [4.78, 5) is 15.9. The lowest BCUT2D eigenvalue weighted by atomic mass is 9.94. The molecule has 0 saturated heterocycles. The quantitative estimate of drug-likeness (QED) is 0.549. The number of nitrogens with zero attached hydrogens (tertiary/aromatic N) is 2. The van der Waals surface area contributed by atoms with Crippen molar-refractivity contribution in [2.45, 2.75) is 49.6 Å². The summed E-state index contributed by atoms with van der Waals surface area (Å²) in [6.07, 6.45) is 6.55. The first-order valence-electron chi connectivity index (χ1n) is 10.6. The maximum absolute atomic E-state index is 12.5. The van der Waals surface area contributed by atoms with Crippen LogP contribution in [0.1, 0.15) is 37.7 Å². The highest BCUT2D eigenvalue weighted by atomic mass is 32.2. The third-order valence-electron chi connectivity index (χ3n) is 5.53. The van der Waals surface area contributed by atoms with E-state index in [1.807, 2.05) is 36.4 Å². The van der Waals surface area contributed by atoms with Crippen LogP contribution in [0, 0.1) is 11.3 Å². The lowest BCUT2D eigenvalue weighted by Crippen LogP contribution is -2.33. The van der Waals surface area contributed by atoms with Crippen LogP contribution in [-0.4, -0.2) is 36.2 Å². The first kappa shape index (κ1) is 22.2. The Morgan fingerprint density at radius 1 is 1.10 bits per heavy atom. The molecular formula is C24H30N4OS. The molecule has 1 aliphatic carbocycles. The highest BCUT2D eigenvalue weighted by molar-refractivity contribution is 7.99. The summed E-state index contributed by atoms with van der Waals surface area (Å²) >= 11 is 1.42. The number of nitrogens with one attached hydrogen (secondary N) is 2. The number of hydrogen-bond acceptors (Lipinski definition) is 5. The molecule has 0 unspecified atom stereocenters. The number of benzene rings is 2. The van der Waals surface area contributed by atoms with Gasteiger partial charge >= 0.3 is 0 Å². The molecule has 0 aromatic heterocycles. The Morgan fingerprint density at radius 3 is 2.57 bits per heavy atom. The van der Waals surface area contributed by atoms with Crippen LogP contribution < -0.4 is 10.6 Å². The Morgan fingerprint density at radius 2 is 1.80 bits per heavy atom. The van der Waals surface area contributed by atoms with E-state index in [0.717, 1.165) is 22.8 Å². The average molecular weight is 423 g/mol. The molecule has 30 heavy (non-hydrogen) atoms. The Balaban J connectivity index is 1.57. The van der Waals surface area contributed by atoms with E-state index in [0.29, 0.717) is 11.8 Å². The molecule has 0 bridgehead atoms. The molecule has 0 radical (unpaired) electrons. The van der Waals surface area contributed by atoms with Gasteiger partial charge in [0.15, 0.2) is 0 Å². The number of anilines is 2. The third-order valence-corrected chi connectivity index (χ3v) is 6.47. The Kier molecular flexibility index (Phi) is 8.61. The van der Waals surface area contributed by atoms with Gasteiger partial charge in [-0.3, -0.25) is 9.69 Å². The number of nitriles is 1. The highest BCUT2D eigenvalue weighted by Gasteiger charge is 2.19. The van der Waals surface area contributed by atoms with Crippen molar-refractivity contribution in [2.75, 3.05) is 30.0 Å². The maximum Gasteiger partial charge on any atom is 0.243 e.